The first-order chi connectivity index (χ1) is 12.7. The molecule has 0 bridgehead atoms. The smallest absolute Gasteiger partial charge is 0.275 e. The lowest BCUT2D eigenvalue weighted by Gasteiger charge is -2.06. The molecular weight excluding hydrogens is 330 g/mol. The Labute approximate surface area is 152 Å². The number of methoxy groups -OCH3 is 2. The molecule has 0 saturated heterocycles. The van der Waals surface area contributed by atoms with E-state index >= 15 is 0 Å². The number of hydrogen-bond acceptors (Lipinski definition) is 4. The Kier molecular flexibility index (Phi) is 5.53. The number of benzene rings is 2. The zero-order valence-corrected chi connectivity index (χ0v) is 14.8. The Balaban J connectivity index is 1.64. The van der Waals surface area contributed by atoms with Crippen LogP contribution in [-0.4, -0.2) is 36.5 Å². The molecule has 0 aliphatic rings. The first-order valence-electron chi connectivity index (χ1n) is 8.31. The van der Waals surface area contributed by atoms with Gasteiger partial charge in [-0.1, -0.05) is 30.3 Å². The van der Waals surface area contributed by atoms with Gasteiger partial charge >= 0.3 is 0 Å². The molecule has 1 N–H and O–H groups in total. The second kappa shape index (κ2) is 8.20. The number of carbonyl (C=O) groups excluding carboxylic acids is 1. The van der Waals surface area contributed by atoms with Crippen LogP contribution in [0.3, 0.4) is 0 Å². The van der Waals surface area contributed by atoms with Gasteiger partial charge in [0.15, 0.2) is 11.4 Å². The predicted molar refractivity (Wildman–Crippen MR) is 99.1 cm³/mol. The van der Waals surface area contributed by atoms with Crippen LogP contribution in [0.25, 0.3) is 5.69 Å². The van der Waals surface area contributed by atoms with E-state index in [1.807, 2.05) is 54.6 Å². The summed E-state index contributed by atoms with van der Waals surface area (Å²) in [6.07, 6.45) is 2.42. The molecule has 2 aromatic carbocycles. The van der Waals surface area contributed by atoms with Crippen molar-refractivity contribution in [3.63, 3.8) is 0 Å². The van der Waals surface area contributed by atoms with E-state index in [1.165, 1.54) is 7.11 Å². The third-order valence-electron chi connectivity index (χ3n) is 3.99. The summed E-state index contributed by atoms with van der Waals surface area (Å²) in [6.45, 7) is 0.506. The van der Waals surface area contributed by atoms with Crippen molar-refractivity contribution in [1.82, 2.24) is 15.1 Å². The van der Waals surface area contributed by atoms with E-state index in [9.17, 15) is 4.79 Å². The zero-order valence-electron chi connectivity index (χ0n) is 14.8. The average molecular weight is 351 g/mol. The number of nitrogens with zero attached hydrogens (tertiary/aromatic N) is 2. The number of ether oxygens (including phenoxy) is 2. The number of amides is 1. The van der Waals surface area contributed by atoms with Crippen molar-refractivity contribution in [2.24, 2.45) is 0 Å². The average Bonchev–Trinajstić information content (AvgIpc) is 3.14. The van der Waals surface area contributed by atoms with Crippen LogP contribution in [0.4, 0.5) is 0 Å². The van der Waals surface area contributed by atoms with Gasteiger partial charge in [0.25, 0.3) is 5.91 Å². The molecule has 0 spiro atoms. The lowest BCUT2D eigenvalue weighted by molar-refractivity contribution is 0.0946. The van der Waals surface area contributed by atoms with E-state index in [1.54, 1.807) is 18.0 Å². The number of carbonyl (C=O) groups is 1. The molecule has 0 aliphatic carbocycles. The van der Waals surface area contributed by atoms with Crippen LogP contribution in [0.1, 0.15) is 16.1 Å². The minimum Gasteiger partial charge on any atom is -0.497 e. The van der Waals surface area contributed by atoms with Crippen molar-refractivity contribution in [2.45, 2.75) is 6.42 Å². The fourth-order valence-corrected chi connectivity index (χ4v) is 2.57. The van der Waals surface area contributed by atoms with E-state index < -0.39 is 0 Å². The fourth-order valence-electron chi connectivity index (χ4n) is 2.57. The maximum atomic E-state index is 12.5. The molecule has 1 heterocycles. The largest absolute Gasteiger partial charge is 0.497 e. The van der Waals surface area contributed by atoms with Crippen LogP contribution >= 0.6 is 0 Å². The molecule has 6 heteroatoms. The van der Waals surface area contributed by atoms with Crippen molar-refractivity contribution in [3.8, 4) is 17.2 Å². The van der Waals surface area contributed by atoms with Crippen LogP contribution in [0.15, 0.2) is 60.8 Å². The maximum absolute atomic E-state index is 12.5. The van der Waals surface area contributed by atoms with E-state index in [0.29, 0.717) is 12.3 Å². The fraction of sp³-hybridized carbons (Fsp3) is 0.200. The summed E-state index contributed by atoms with van der Waals surface area (Å²) in [5.74, 6) is 0.995. The van der Waals surface area contributed by atoms with Crippen molar-refractivity contribution in [2.75, 3.05) is 20.8 Å². The molecule has 26 heavy (non-hydrogen) atoms. The zero-order chi connectivity index (χ0) is 18.4. The third-order valence-corrected chi connectivity index (χ3v) is 3.99. The normalized spacial score (nSPS) is 10.4. The van der Waals surface area contributed by atoms with Crippen LogP contribution in [0.2, 0.25) is 0 Å². The molecule has 0 fully saturated rings. The van der Waals surface area contributed by atoms with Crippen LogP contribution in [0.5, 0.6) is 11.5 Å². The third kappa shape index (κ3) is 4.03. The van der Waals surface area contributed by atoms with Gasteiger partial charge in [0.2, 0.25) is 0 Å². The Hall–Kier alpha value is -3.28. The Morgan fingerprint density at radius 2 is 1.77 bits per heavy atom. The van der Waals surface area contributed by atoms with Gasteiger partial charge in [0.1, 0.15) is 5.75 Å². The molecule has 0 aliphatic heterocycles. The summed E-state index contributed by atoms with van der Waals surface area (Å²) in [5.41, 5.74) is 2.25. The number of aromatic nitrogens is 2. The quantitative estimate of drug-likeness (QED) is 0.711. The van der Waals surface area contributed by atoms with Crippen molar-refractivity contribution >= 4 is 5.91 Å². The molecule has 0 unspecified atom stereocenters. The first-order valence-corrected chi connectivity index (χ1v) is 8.31. The SMILES string of the molecule is COc1ccc(CCNC(=O)c2nn(-c3ccccc3)cc2OC)cc1. The number of rotatable bonds is 7. The summed E-state index contributed by atoms with van der Waals surface area (Å²) < 4.78 is 12.1. The number of nitrogens with one attached hydrogen (secondary N) is 1. The highest BCUT2D eigenvalue weighted by Crippen LogP contribution is 2.19. The van der Waals surface area contributed by atoms with E-state index in [0.717, 1.165) is 23.4 Å². The maximum Gasteiger partial charge on any atom is 0.275 e. The van der Waals surface area contributed by atoms with Crippen LogP contribution in [0, 0.1) is 0 Å². The highest BCUT2D eigenvalue weighted by molar-refractivity contribution is 5.94. The van der Waals surface area contributed by atoms with Crippen molar-refractivity contribution in [1.29, 1.82) is 0 Å². The lowest BCUT2D eigenvalue weighted by atomic mass is 10.1. The molecule has 0 saturated carbocycles. The lowest BCUT2D eigenvalue weighted by Crippen LogP contribution is -2.26. The molecule has 3 rings (SSSR count). The Morgan fingerprint density at radius 1 is 1.04 bits per heavy atom. The number of hydrogen-bond donors (Lipinski definition) is 1. The van der Waals surface area contributed by atoms with Gasteiger partial charge in [0, 0.05) is 6.54 Å². The minimum absolute atomic E-state index is 0.259. The topological polar surface area (TPSA) is 65.4 Å². The van der Waals surface area contributed by atoms with E-state index in [4.69, 9.17) is 9.47 Å². The van der Waals surface area contributed by atoms with Gasteiger partial charge in [-0.3, -0.25) is 4.79 Å². The van der Waals surface area contributed by atoms with E-state index in [-0.39, 0.29) is 11.6 Å². The summed E-state index contributed by atoms with van der Waals surface area (Å²) in [7, 11) is 3.16. The Bertz CT molecular complexity index is 858. The molecule has 1 amide bonds. The minimum atomic E-state index is -0.259. The molecule has 1 aromatic heterocycles. The second-order valence-electron chi connectivity index (χ2n) is 5.68. The second-order valence-corrected chi connectivity index (χ2v) is 5.68. The standard InChI is InChI=1S/C20H21N3O3/c1-25-17-10-8-15(9-11-17)12-13-21-20(24)19-18(26-2)14-23(22-19)16-6-4-3-5-7-16/h3-11,14H,12-13H2,1-2H3,(H,21,24). The van der Waals surface area contributed by atoms with Gasteiger partial charge in [-0.25, -0.2) is 4.68 Å². The molecule has 134 valence electrons. The molecule has 6 nitrogen and oxygen atoms in total. The van der Waals surface area contributed by atoms with E-state index in [2.05, 4.69) is 10.4 Å². The van der Waals surface area contributed by atoms with Gasteiger partial charge in [-0.2, -0.15) is 5.10 Å². The van der Waals surface area contributed by atoms with Gasteiger partial charge in [-0.15, -0.1) is 0 Å². The molecule has 0 atom stereocenters. The van der Waals surface area contributed by atoms with Crippen LogP contribution in [-0.2, 0) is 6.42 Å². The monoisotopic (exact) mass is 351 g/mol. The summed E-state index contributed by atoms with van der Waals surface area (Å²) in [5, 5.41) is 7.25. The first kappa shape index (κ1) is 17.5. The summed E-state index contributed by atoms with van der Waals surface area (Å²) >= 11 is 0. The van der Waals surface area contributed by atoms with Gasteiger partial charge < -0.3 is 14.8 Å². The highest BCUT2D eigenvalue weighted by atomic mass is 16.5. The predicted octanol–water partition coefficient (Wildman–Crippen LogP) is 2.86. The molecule has 3 aromatic rings. The number of para-hydroxylation sites is 1. The van der Waals surface area contributed by atoms with Gasteiger partial charge in [0.05, 0.1) is 26.1 Å². The van der Waals surface area contributed by atoms with Crippen molar-refractivity contribution in [3.05, 3.63) is 72.1 Å². The molecule has 0 radical (unpaired) electrons. The summed E-state index contributed by atoms with van der Waals surface area (Å²) in [6, 6.07) is 17.4. The summed E-state index contributed by atoms with van der Waals surface area (Å²) in [4.78, 5) is 12.5. The van der Waals surface area contributed by atoms with Gasteiger partial charge in [-0.05, 0) is 36.2 Å². The molecular formula is C20H21N3O3. The Morgan fingerprint density at radius 3 is 2.42 bits per heavy atom. The highest BCUT2D eigenvalue weighted by Gasteiger charge is 2.17. The van der Waals surface area contributed by atoms with Crippen molar-refractivity contribution < 1.29 is 14.3 Å². The van der Waals surface area contributed by atoms with Crippen LogP contribution < -0.4 is 14.8 Å².